The largest absolute Gasteiger partial charge is 0.472 e. The molecule has 0 aromatic rings. The molecule has 26 heteroatoms. The summed E-state index contributed by atoms with van der Waals surface area (Å²) in [6.45, 7) is 7.89. The van der Waals surface area contributed by atoms with Gasteiger partial charge in [-0.15, -0.1) is 0 Å². The third-order valence-electron chi connectivity index (χ3n) is 22.7. The molecule has 670 valence electrons. The lowest BCUT2D eigenvalue weighted by Gasteiger charge is -2.50. The van der Waals surface area contributed by atoms with E-state index < -0.39 is 162 Å². The van der Waals surface area contributed by atoms with E-state index in [0.717, 1.165) is 122 Å². The van der Waals surface area contributed by atoms with Gasteiger partial charge in [-0.1, -0.05) is 323 Å². The van der Waals surface area contributed by atoms with Crippen molar-refractivity contribution < 1.29 is 122 Å². The van der Waals surface area contributed by atoms with Crippen LogP contribution in [0.5, 0.6) is 0 Å². The summed E-state index contributed by atoms with van der Waals surface area (Å²) in [4.78, 5) is 66.4. The average molecular weight is 1650 g/mol. The SMILES string of the molecule is CCCCCCCC/C=C\CCCCCC(=O)OCC1OC(OC2C(OC(=O)CCCCCCCCCCCCCCC)C(O)C(O)C(OC3OC(CO)C(O)C(O)C3O)C2OP(=O)(O)OCC(COC(=O)CCCCCCCCCCCCCCC)OC(=O)CCCCCCCCC(C)CCCCCCCC)C(O)C(O)C1O. The van der Waals surface area contributed by atoms with Crippen LogP contribution in [0.25, 0.3) is 0 Å². The second kappa shape index (κ2) is 66.9. The smallest absolute Gasteiger partial charge is 0.463 e. The van der Waals surface area contributed by atoms with Crippen LogP contribution in [-0.4, -0.2) is 205 Å². The number of allylic oxidation sites excluding steroid dienone is 2. The molecule has 0 spiro atoms. The van der Waals surface area contributed by atoms with Gasteiger partial charge in [0.2, 0.25) is 0 Å². The summed E-state index contributed by atoms with van der Waals surface area (Å²) in [7, 11) is -5.80. The zero-order valence-corrected chi connectivity index (χ0v) is 72.2. The Morgan fingerprint density at radius 3 is 1.14 bits per heavy atom. The highest BCUT2D eigenvalue weighted by molar-refractivity contribution is 7.47. The molecular formula is C88H163O25P. The Labute approximate surface area is 686 Å². The molecule has 25 nitrogen and oxygen atoms in total. The minimum atomic E-state index is -5.80. The van der Waals surface area contributed by atoms with Gasteiger partial charge in [-0.25, -0.2) is 4.57 Å². The Hall–Kier alpha value is -2.79. The number of carbonyl (C=O) groups excluding carboxylic acids is 4. The first-order valence-corrected chi connectivity index (χ1v) is 47.3. The molecule has 0 bridgehead atoms. The summed E-state index contributed by atoms with van der Waals surface area (Å²) >= 11 is 0. The van der Waals surface area contributed by atoms with Crippen LogP contribution in [0.1, 0.15) is 388 Å². The van der Waals surface area contributed by atoms with Crippen LogP contribution >= 0.6 is 7.82 Å². The molecule has 0 radical (unpaired) electrons. The van der Waals surface area contributed by atoms with Crippen molar-refractivity contribution in [2.75, 3.05) is 26.4 Å². The molecule has 3 fully saturated rings. The predicted molar refractivity (Wildman–Crippen MR) is 439 cm³/mol. The molecule has 2 heterocycles. The van der Waals surface area contributed by atoms with E-state index >= 15 is 0 Å². The number of aliphatic hydroxyl groups excluding tert-OH is 9. The molecule has 3 aliphatic rings. The van der Waals surface area contributed by atoms with Crippen molar-refractivity contribution in [2.45, 2.75) is 492 Å². The van der Waals surface area contributed by atoms with Gasteiger partial charge in [0, 0.05) is 25.7 Å². The number of carbonyl (C=O) groups is 4. The van der Waals surface area contributed by atoms with E-state index in [0.29, 0.717) is 44.4 Å². The highest BCUT2D eigenvalue weighted by Crippen LogP contribution is 2.49. The number of esters is 4. The second-order valence-electron chi connectivity index (χ2n) is 33.1. The maximum absolute atomic E-state index is 14.9. The van der Waals surface area contributed by atoms with Crippen molar-refractivity contribution in [3.8, 4) is 0 Å². The molecular weight excluding hydrogens is 1490 g/mol. The molecule has 10 N–H and O–H groups in total. The summed E-state index contributed by atoms with van der Waals surface area (Å²) in [5.74, 6) is -2.30. The maximum Gasteiger partial charge on any atom is 0.472 e. The average Bonchev–Trinajstić information content (AvgIpc) is 0.754. The number of hydrogen-bond donors (Lipinski definition) is 10. The van der Waals surface area contributed by atoms with Crippen LogP contribution in [0.4, 0.5) is 0 Å². The highest BCUT2D eigenvalue weighted by Gasteiger charge is 2.60. The monoisotopic (exact) mass is 1650 g/mol. The molecule has 19 atom stereocenters. The first kappa shape index (κ1) is 105. The van der Waals surface area contributed by atoms with Crippen LogP contribution in [-0.2, 0) is 70.7 Å². The fourth-order valence-corrected chi connectivity index (χ4v) is 16.2. The lowest BCUT2D eigenvalue weighted by atomic mass is 9.84. The molecule has 0 aromatic carbocycles. The molecule has 2 saturated heterocycles. The van der Waals surface area contributed by atoms with E-state index in [1.165, 1.54) is 167 Å². The van der Waals surface area contributed by atoms with Crippen LogP contribution < -0.4 is 0 Å². The van der Waals surface area contributed by atoms with Gasteiger partial charge in [0.1, 0.15) is 92.6 Å². The number of rotatable bonds is 73. The van der Waals surface area contributed by atoms with Gasteiger partial charge >= 0.3 is 31.7 Å². The summed E-state index contributed by atoms with van der Waals surface area (Å²) in [5, 5.41) is 102. The Kier molecular flexibility index (Phi) is 61.8. The summed E-state index contributed by atoms with van der Waals surface area (Å²) < 4.78 is 73.3. The topological polar surface area (TPSA) is 380 Å². The van der Waals surface area contributed by atoms with Gasteiger partial charge in [-0.2, -0.15) is 0 Å². The third kappa shape index (κ3) is 47.4. The first-order chi connectivity index (χ1) is 55.1. The lowest BCUT2D eigenvalue weighted by molar-refractivity contribution is -0.360. The predicted octanol–water partition coefficient (Wildman–Crippen LogP) is 16.2. The summed E-state index contributed by atoms with van der Waals surface area (Å²) in [6.07, 6.45) is 22.3. The Morgan fingerprint density at radius 2 is 0.711 bits per heavy atom. The van der Waals surface area contributed by atoms with Crippen molar-refractivity contribution in [3.63, 3.8) is 0 Å². The van der Waals surface area contributed by atoms with E-state index in [-0.39, 0.29) is 25.7 Å². The van der Waals surface area contributed by atoms with Crippen molar-refractivity contribution in [1.29, 1.82) is 0 Å². The number of phosphoric ester groups is 1. The molecule has 0 aromatic heterocycles. The van der Waals surface area contributed by atoms with Gasteiger partial charge in [0.15, 0.2) is 24.8 Å². The number of ether oxygens (including phenoxy) is 8. The van der Waals surface area contributed by atoms with Crippen LogP contribution in [0.15, 0.2) is 12.2 Å². The van der Waals surface area contributed by atoms with E-state index in [1.807, 2.05) is 0 Å². The van der Waals surface area contributed by atoms with Gasteiger partial charge in [0.25, 0.3) is 0 Å². The minimum Gasteiger partial charge on any atom is -0.463 e. The zero-order valence-electron chi connectivity index (χ0n) is 71.3. The number of phosphoric acid groups is 1. The molecule has 0 amide bonds. The van der Waals surface area contributed by atoms with E-state index in [4.69, 9.17) is 46.9 Å². The fourth-order valence-electron chi connectivity index (χ4n) is 15.3. The van der Waals surface area contributed by atoms with Crippen LogP contribution in [0, 0.1) is 5.92 Å². The normalized spacial score (nSPS) is 25.7. The maximum atomic E-state index is 14.9. The van der Waals surface area contributed by atoms with Crippen molar-refractivity contribution in [1.82, 2.24) is 0 Å². The molecule has 3 rings (SSSR count). The Balaban J connectivity index is 1.94. The molecule has 1 saturated carbocycles. The van der Waals surface area contributed by atoms with Gasteiger partial charge < -0.3 is 88.7 Å². The number of unbranched alkanes of at least 4 members (excludes halogenated alkanes) is 43. The highest BCUT2D eigenvalue weighted by atomic mass is 31.2. The standard InChI is InChI=1S/C88H163O25P/c1-6-10-14-18-22-25-28-31-34-37-40-47-53-59-71(90)104-64-68(107-73(92)61-55-50-44-43-46-52-58-67(5)57-51-45-21-17-13-9-4)65-106-114(102,103)113-86-84(111-87-81(100)77(96)75(94)69(63-89)108-87)80(99)79(98)83(110-74(93)62-56-49-42-39-36-33-30-27-24-20-16-12-8-3)85(86)112-88-82(101)78(97)76(95)70(109-88)66-105-72(91)60-54-48-41-38-35-32-29-26-23-19-15-11-7-2/h32,35,67-70,75-89,94-101H,6-31,33-34,36-66H2,1-5H3,(H,102,103)/b35-32-. The fraction of sp³-hybridized carbons (Fsp3) is 0.932. The van der Waals surface area contributed by atoms with Crippen LogP contribution in [0.2, 0.25) is 0 Å². The third-order valence-corrected chi connectivity index (χ3v) is 23.7. The molecule has 19 unspecified atom stereocenters. The number of aliphatic hydroxyl groups is 9. The molecule has 114 heavy (non-hydrogen) atoms. The molecule has 1 aliphatic carbocycles. The van der Waals surface area contributed by atoms with Gasteiger partial charge in [-0.3, -0.25) is 28.2 Å². The Morgan fingerprint density at radius 1 is 0.368 bits per heavy atom. The minimum absolute atomic E-state index is 0.00479. The lowest BCUT2D eigenvalue weighted by Crippen LogP contribution is -2.70. The quantitative estimate of drug-likeness (QED) is 0.00889. The van der Waals surface area contributed by atoms with Crippen molar-refractivity contribution in [3.05, 3.63) is 12.2 Å². The Bertz CT molecular complexity index is 2440. The van der Waals surface area contributed by atoms with Crippen molar-refractivity contribution in [2.24, 2.45) is 5.92 Å². The van der Waals surface area contributed by atoms with E-state index in [9.17, 15) is 74.6 Å². The first-order valence-electron chi connectivity index (χ1n) is 45.8. The van der Waals surface area contributed by atoms with Crippen molar-refractivity contribution >= 4 is 31.7 Å². The second-order valence-corrected chi connectivity index (χ2v) is 34.5. The summed E-state index contributed by atoms with van der Waals surface area (Å²) in [6, 6.07) is 0. The van der Waals surface area contributed by atoms with Crippen LogP contribution in [0.3, 0.4) is 0 Å². The van der Waals surface area contributed by atoms with Gasteiger partial charge in [0.05, 0.1) is 13.2 Å². The van der Waals surface area contributed by atoms with E-state index in [2.05, 4.69) is 46.8 Å². The zero-order chi connectivity index (χ0) is 83.4. The number of hydrogen-bond acceptors (Lipinski definition) is 24. The van der Waals surface area contributed by atoms with Gasteiger partial charge in [-0.05, 0) is 57.3 Å². The summed E-state index contributed by atoms with van der Waals surface area (Å²) in [5.41, 5.74) is 0. The van der Waals surface area contributed by atoms with E-state index in [1.54, 1.807) is 0 Å². The molecule has 2 aliphatic heterocycles.